The number of benzene rings is 2. The van der Waals surface area contributed by atoms with E-state index in [4.69, 9.17) is 14.5 Å². The van der Waals surface area contributed by atoms with Gasteiger partial charge in [0.05, 0.1) is 11.0 Å². The maximum absolute atomic E-state index is 12.8. The molecule has 7 nitrogen and oxygen atoms in total. The highest BCUT2D eigenvalue weighted by atomic mass is 16.6. The van der Waals surface area contributed by atoms with Crippen molar-refractivity contribution in [2.75, 3.05) is 32.2 Å². The number of carbonyl (C=O) groups is 1. The van der Waals surface area contributed by atoms with Crippen LogP contribution in [0.15, 0.2) is 36.4 Å². The molecule has 1 aliphatic carbocycles. The maximum atomic E-state index is 12.8. The topological polar surface area (TPSA) is 79.5 Å². The Kier molecular flexibility index (Phi) is 5.18. The number of nitrogens with one attached hydrogen (secondary N) is 2. The summed E-state index contributed by atoms with van der Waals surface area (Å²) in [6.07, 6.45) is 4.02. The van der Waals surface area contributed by atoms with Crippen LogP contribution >= 0.6 is 0 Å². The summed E-state index contributed by atoms with van der Waals surface area (Å²) in [5.74, 6) is 2.60. The molecule has 1 aliphatic heterocycles. The number of ether oxygens (including phenoxy) is 2. The third kappa shape index (κ3) is 4.04. The molecule has 0 bridgehead atoms. The molecule has 0 saturated heterocycles. The van der Waals surface area contributed by atoms with Gasteiger partial charge in [-0.1, -0.05) is 6.42 Å². The van der Waals surface area contributed by atoms with Gasteiger partial charge < -0.3 is 24.7 Å². The van der Waals surface area contributed by atoms with Gasteiger partial charge in [0, 0.05) is 37.3 Å². The van der Waals surface area contributed by atoms with E-state index in [2.05, 4.69) is 33.4 Å². The quantitative estimate of drug-likeness (QED) is 0.670. The lowest BCUT2D eigenvalue weighted by molar-refractivity contribution is 0.0923. The smallest absolute Gasteiger partial charge is 0.251 e. The Balaban J connectivity index is 1.28. The molecule has 2 aromatic carbocycles. The van der Waals surface area contributed by atoms with Gasteiger partial charge in [0.25, 0.3) is 5.91 Å². The van der Waals surface area contributed by atoms with Gasteiger partial charge in [-0.15, -0.1) is 0 Å². The van der Waals surface area contributed by atoms with E-state index in [1.165, 1.54) is 0 Å². The number of hydrogen-bond donors (Lipinski definition) is 2. The van der Waals surface area contributed by atoms with Gasteiger partial charge in [-0.2, -0.15) is 0 Å². The summed E-state index contributed by atoms with van der Waals surface area (Å²) in [6, 6.07) is 11.8. The van der Waals surface area contributed by atoms with Crippen molar-refractivity contribution in [3.8, 4) is 11.5 Å². The van der Waals surface area contributed by atoms with Crippen molar-refractivity contribution in [1.82, 2.24) is 15.3 Å². The lowest BCUT2D eigenvalue weighted by Crippen LogP contribution is -2.38. The fraction of sp³-hybridized carbons (Fsp3) is 0.417. The van der Waals surface area contributed by atoms with Gasteiger partial charge in [-0.25, -0.2) is 4.98 Å². The molecule has 2 unspecified atom stereocenters. The van der Waals surface area contributed by atoms with Gasteiger partial charge in [-0.05, 0) is 55.7 Å². The highest BCUT2D eigenvalue weighted by molar-refractivity contribution is 5.95. The van der Waals surface area contributed by atoms with Gasteiger partial charge >= 0.3 is 0 Å². The van der Waals surface area contributed by atoms with Gasteiger partial charge in [0.15, 0.2) is 11.5 Å². The van der Waals surface area contributed by atoms with Crippen molar-refractivity contribution in [3.63, 3.8) is 0 Å². The summed E-state index contributed by atoms with van der Waals surface area (Å²) in [6.45, 7) is 1.05. The number of amides is 1. The van der Waals surface area contributed by atoms with Crippen molar-refractivity contribution in [1.29, 1.82) is 0 Å². The number of aromatic nitrogens is 2. The number of anilines is 1. The van der Waals surface area contributed by atoms with E-state index in [0.717, 1.165) is 48.2 Å². The van der Waals surface area contributed by atoms with Crippen molar-refractivity contribution >= 4 is 22.6 Å². The second-order valence-electron chi connectivity index (χ2n) is 8.61. The molecule has 1 saturated carbocycles. The number of hydrogen-bond acceptors (Lipinski definition) is 5. The summed E-state index contributed by atoms with van der Waals surface area (Å²) >= 11 is 0. The van der Waals surface area contributed by atoms with Gasteiger partial charge in [0.2, 0.25) is 0 Å². The average Bonchev–Trinajstić information content (AvgIpc) is 3.22. The molecule has 0 spiro atoms. The van der Waals surface area contributed by atoms with E-state index < -0.39 is 0 Å². The zero-order chi connectivity index (χ0) is 21.4. The summed E-state index contributed by atoms with van der Waals surface area (Å²) in [5, 5.41) is 3.22. The first-order valence-corrected chi connectivity index (χ1v) is 10.9. The molecule has 7 heteroatoms. The van der Waals surface area contributed by atoms with Gasteiger partial charge in [-0.3, -0.25) is 4.79 Å². The summed E-state index contributed by atoms with van der Waals surface area (Å²) in [5.41, 5.74) is 3.80. The number of nitrogens with zero attached hydrogens (tertiary/aromatic N) is 2. The largest absolute Gasteiger partial charge is 0.486 e. The first-order chi connectivity index (χ1) is 15.1. The minimum Gasteiger partial charge on any atom is -0.486 e. The van der Waals surface area contributed by atoms with Crippen molar-refractivity contribution in [2.24, 2.45) is 0 Å². The highest BCUT2D eigenvalue weighted by Gasteiger charge is 2.27. The second kappa shape index (κ2) is 8.13. The van der Waals surface area contributed by atoms with Crippen LogP contribution in [0.25, 0.3) is 11.0 Å². The van der Waals surface area contributed by atoms with Gasteiger partial charge in [0.1, 0.15) is 19.0 Å². The SMILES string of the molecule is CN(C)c1ccc2nc(C3CCCC(NC(=O)c4ccc5c(c4)OCCO5)C3)[nH]c2c1. The Morgan fingerprint density at radius 2 is 1.94 bits per heavy atom. The van der Waals surface area contributed by atoms with Crippen LogP contribution in [0, 0.1) is 0 Å². The summed E-state index contributed by atoms with van der Waals surface area (Å²) in [4.78, 5) is 23.3. The zero-order valence-electron chi connectivity index (χ0n) is 18.0. The average molecular weight is 421 g/mol. The number of rotatable bonds is 4. The summed E-state index contributed by atoms with van der Waals surface area (Å²) < 4.78 is 11.2. The van der Waals surface area contributed by atoms with Crippen LogP contribution in [0.5, 0.6) is 11.5 Å². The monoisotopic (exact) mass is 420 g/mol. The molecule has 2 atom stereocenters. The Labute approximate surface area is 181 Å². The molecule has 2 aliphatic rings. The van der Waals surface area contributed by atoms with Crippen LogP contribution in [-0.2, 0) is 0 Å². The van der Waals surface area contributed by atoms with Crippen molar-refractivity contribution in [3.05, 3.63) is 47.8 Å². The molecular weight excluding hydrogens is 392 g/mol. The van der Waals surface area contributed by atoms with Crippen molar-refractivity contribution in [2.45, 2.75) is 37.6 Å². The van der Waals surface area contributed by atoms with Crippen LogP contribution in [0.2, 0.25) is 0 Å². The third-order valence-electron chi connectivity index (χ3n) is 6.20. The molecule has 5 rings (SSSR count). The van der Waals surface area contributed by atoms with Crippen molar-refractivity contribution < 1.29 is 14.3 Å². The number of imidazole rings is 1. The summed E-state index contributed by atoms with van der Waals surface area (Å²) in [7, 11) is 4.07. The fourth-order valence-electron chi connectivity index (χ4n) is 4.51. The Morgan fingerprint density at radius 1 is 1.10 bits per heavy atom. The molecule has 2 heterocycles. The molecule has 1 fully saturated rings. The molecule has 31 heavy (non-hydrogen) atoms. The van der Waals surface area contributed by atoms with Crippen LogP contribution in [0.4, 0.5) is 5.69 Å². The standard InChI is InChI=1S/C24H28N4O3/c1-28(2)18-7-8-19-20(14-18)27-23(26-19)15-4-3-5-17(12-15)25-24(29)16-6-9-21-22(13-16)31-11-10-30-21/h6-9,13-15,17H,3-5,10-12H2,1-2H3,(H,25,29)(H,26,27). The number of carbonyl (C=O) groups excluding carboxylic acids is 1. The fourth-order valence-corrected chi connectivity index (χ4v) is 4.51. The Bertz CT molecular complexity index is 1110. The number of fused-ring (bicyclic) bond motifs is 2. The predicted molar refractivity (Wildman–Crippen MR) is 120 cm³/mol. The van der Waals surface area contributed by atoms with Crippen LogP contribution < -0.4 is 19.7 Å². The predicted octanol–water partition coefficient (Wildman–Crippen LogP) is 3.86. The van der Waals surface area contributed by atoms with Crippen LogP contribution in [-0.4, -0.2) is 49.2 Å². The van der Waals surface area contributed by atoms with E-state index >= 15 is 0 Å². The van der Waals surface area contributed by atoms with E-state index in [9.17, 15) is 4.79 Å². The Morgan fingerprint density at radius 3 is 2.77 bits per heavy atom. The first-order valence-electron chi connectivity index (χ1n) is 10.9. The molecular formula is C24H28N4O3. The van der Waals surface area contributed by atoms with E-state index in [0.29, 0.717) is 36.2 Å². The van der Waals surface area contributed by atoms with Crippen LogP contribution in [0.1, 0.15) is 47.8 Å². The molecule has 0 radical (unpaired) electrons. The lowest BCUT2D eigenvalue weighted by Gasteiger charge is -2.29. The van der Waals surface area contributed by atoms with E-state index in [1.807, 2.05) is 20.2 Å². The number of aromatic amines is 1. The highest BCUT2D eigenvalue weighted by Crippen LogP contribution is 2.34. The van der Waals surface area contributed by atoms with Crippen LogP contribution in [0.3, 0.4) is 0 Å². The molecule has 1 aromatic heterocycles. The zero-order valence-corrected chi connectivity index (χ0v) is 18.0. The third-order valence-corrected chi connectivity index (χ3v) is 6.20. The Hall–Kier alpha value is -3.22. The minimum atomic E-state index is -0.0668. The maximum Gasteiger partial charge on any atom is 0.251 e. The molecule has 3 aromatic rings. The molecule has 162 valence electrons. The molecule has 2 N–H and O–H groups in total. The normalized spacial score (nSPS) is 20.5. The number of H-pyrrole nitrogens is 1. The first kappa shape index (κ1) is 19.7. The minimum absolute atomic E-state index is 0.0668. The second-order valence-corrected chi connectivity index (χ2v) is 8.61. The van der Waals surface area contributed by atoms with E-state index in [-0.39, 0.29) is 11.9 Å². The molecule has 1 amide bonds. The van der Waals surface area contributed by atoms with E-state index in [1.54, 1.807) is 12.1 Å². The lowest BCUT2D eigenvalue weighted by atomic mass is 9.85.